The Bertz CT molecular complexity index is 406. The zero-order chi connectivity index (χ0) is 12.4. The van der Waals surface area contributed by atoms with E-state index in [0.29, 0.717) is 0 Å². The molecule has 0 radical (unpaired) electrons. The van der Waals surface area contributed by atoms with Crippen molar-refractivity contribution in [1.82, 2.24) is 14.5 Å². The molecule has 1 N–H and O–H groups in total. The van der Waals surface area contributed by atoms with Gasteiger partial charge in [0.05, 0.1) is 6.54 Å². The quantitative estimate of drug-likeness (QED) is 0.866. The molecule has 5 nitrogen and oxygen atoms in total. The predicted molar refractivity (Wildman–Crippen MR) is 64.1 cm³/mol. The van der Waals surface area contributed by atoms with E-state index in [9.17, 15) is 4.79 Å². The molecular formula is C12H19N3O2. The smallest absolute Gasteiger partial charge is 0.356 e. The van der Waals surface area contributed by atoms with Gasteiger partial charge in [0.1, 0.15) is 5.82 Å². The van der Waals surface area contributed by atoms with Crippen LogP contribution in [0, 0.1) is 0 Å². The average Bonchev–Trinajstić information content (AvgIpc) is 2.87. The number of carboxylic acid groups (broad SMARTS) is 1. The molecule has 5 heteroatoms. The number of carboxylic acids is 1. The minimum atomic E-state index is -0.952. The van der Waals surface area contributed by atoms with Gasteiger partial charge in [0, 0.05) is 12.2 Å². The van der Waals surface area contributed by atoms with Crippen LogP contribution < -0.4 is 0 Å². The molecule has 0 amide bonds. The fourth-order valence-corrected chi connectivity index (χ4v) is 2.24. The maximum Gasteiger partial charge on any atom is 0.356 e. The van der Waals surface area contributed by atoms with Crippen molar-refractivity contribution in [1.29, 1.82) is 0 Å². The summed E-state index contributed by atoms with van der Waals surface area (Å²) in [7, 11) is 0. The molecular weight excluding hydrogens is 218 g/mol. The van der Waals surface area contributed by atoms with Crippen molar-refractivity contribution in [3.05, 3.63) is 17.7 Å². The number of rotatable bonds is 4. The summed E-state index contributed by atoms with van der Waals surface area (Å²) >= 11 is 0. The first-order valence-corrected chi connectivity index (χ1v) is 6.11. The predicted octanol–water partition coefficient (Wildman–Crippen LogP) is 1.76. The highest BCUT2D eigenvalue weighted by Gasteiger charge is 2.19. The van der Waals surface area contributed by atoms with Crippen LogP contribution in [-0.4, -0.2) is 38.6 Å². The van der Waals surface area contributed by atoms with Crippen LogP contribution in [0.15, 0.2) is 6.20 Å². The lowest BCUT2D eigenvalue weighted by Gasteiger charge is -2.17. The summed E-state index contributed by atoms with van der Waals surface area (Å²) in [4.78, 5) is 17.5. The highest BCUT2D eigenvalue weighted by molar-refractivity contribution is 5.85. The van der Waals surface area contributed by atoms with Crippen LogP contribution in [0.3, 0.4) is 0 Å². The SMILES string of the molecule is CC(C)n1cc(C(=O)O)nc1CN1CCCC1. The van der Waals surface area contributed by atoms with E-state index in [0.717, 1.165) is 25.5 Å². The van der Waals surface area contributed by atoms with E-state index in [1.54, 1.807) is 6.20 Å². The van der Waals surface area contributed by atoms with E-state index in [4.69, 9.17) is 5.11 Å². The standard InChI is InChI=1S/C12H19N3O2/c1-9(2)15-7-10(12(16)17)13-11(15)8-14-5-3-4-6-14/h7,9H,3-6,8H2,1-2H3,(H,16,17). The number of nitrogens with zero attached hydrogens (tertiary/aromatic N) is 3. The second-order valence-corrected chi connectivity index (χ2v) is 4.83. The molecule has 0 saturated carbocycles. The van der Waals surface area contributed by atoms with Crippen molar-refractivity contribution >= 4 is 5.97 Å². The van der Waals surface area contributed by atoms with Gasteiger partial charge in [-0.3, -0.25) is 4.90 Å². The van der Waals surface area contributed by atoms with Crippen molar-refractivity contribution in [2.75, 3.05) is 13.1 Å². The molecule has 17 heavy (non-hydrogen) atoms. The van der Waals surface area contributed by atoms with E-state index in [-0.39, 0.29) is 11.7 Å². The van der Waals surface area contributed by atoms with E-state index in [1.807, 2.05) is 18.4 Å². The summed E-state index contributed by atoms with van der Waals surface area (Å²) in [6.07, 6.45) is 4.10. The Hall–Kier alpha value is -1.36. The third kappa shape index (κ3) is 2.66. The normalized spacial score (nSPS) is 16.9. The number of aromatic carboxylic acids is 1. The summed E-state index contributed by atoms with van der Waals surface area (Å²) in [5, 5.41) is 8.98. The highest BCUT2D eigenvalue weighted by atomic mass is 16.4. The van der Waals surface area contributed by atoms with Crippen LogP contribution in [0.25, 0.3) is 0 Å². The van der Waals surface area contributed by atoms with Crippen LogP contribution in [-0.2, 0) is 6.54 Å². The Morgan fingerprint density at radius 3 is 2.65 bits per heavy atom. The second-order valence-electron chi connectivity index (χ2n) is 4.83. The third-order valence-electron chi connectivity index (χ3n) is 3.15. The molecule has 0 atom stereocenters. The molecule has 1 aliphatic heterocycles. The Labute approximate surface area is 101 Å². The molecule has 1 aromatic heterocycles. The van der Waals surface area contributed by atoms with Gasteiger partial charge in [0.2, 0.25) is 0 Å². The Kier molecular flexibility index (Phi) is 3.47. The van der Waals surface area contributed by atoms with Crippen LogP contribution in [0.1, 0.15) is 49.0 Å². The first-order valence-electron chi connectivity index (χ1n) is 6.11. The van der Waals surface area contributed by atoms with Crippen LogP contribution in [0.5, 0.6) is 0 Å². The fraction of sp³-hybridized carbons (Fsp3) is 0.667. The van der Waals surface area contributed by atoms with Crippen molar-refractivity contribution in [2.24, 2.45) is 0 Å². The molecule has 0 spiro atoms. The van der Waals surface area contributed by atoms with Crippen molar-refractivity contribution in [3.63, 3.8) is 0 Å². The van der Waals surface area contributed by atoms with Gasteiger partial charge in [-0.05, 0) is 39.8 Å². The topological polar surface area (TPSA) is 58.4 Å². The first kappa shape index (κ1) is 12.1. The van der Waals surface area contributed by atoms with Gasteiger partial charge in [0.25, 0.3) is 0 Å². The number of carbonyl (C=O) groups is 1. The largest absolute Gasteiger partial charge is 0.476 e. The zero-order valence-corrected chi connectivity index (χ0v) is 10.4. The van der Waals surface area contributed by atoms with Crippen LogP contribution >= 0.6 is 0 Å². The molecule has 1 fully saturated rings. The Morgan fingerprint density at radius 2 is 2.12 bits per heavy atom. The average molecular weight is 237 g/mol. The first-order chi connectivity index (χ1) is 8.08. The maximum atomic E-state index is 10.9. The number of imidazole rings is 1. The number of hydrogen-bond acceptors (Lipinski definition) is 3. The van der Waals surface area contributed by atoms with Crippen molar-refractivity contribution in [2.45, 2.75) is 39.3 Å². The molecule has 0 unspecified atom stereocenters. The second kappa shape index (κ2) is 4.87. The zero-order valence-electron chi connectivity index (χ0n) is 10.4. The van der Waals surface area contributed by atoms with E-state index < -0.39 is 5.97 Å². The summed E-state index contributed by atoms with van der Waals surface area (Å²) in [6.45, 7) is 7.02. The molecule has 2 rings (SSSR count). The lowest BCUT2D eigenvalue weighted by Crippen LogP contribution is -2.21. The monoisotopic (exact) mass is 237 g/mol. The maximum absolute atomic E-state index is 10.9. The summed E-state index contributed by atoms with van der Waals surface area (Å²) in [5.41, 5.74) is 0.146. The minimum absolute atomic E-state index is 0.146. The Balaban J connectivity index is 2.20. The van der Waals surface area contributed by atoms with Crippen LogP contribution in [0.2, 0.25) is 0 Å². The van der Waals surface area contributed by atoms with Gasteiger partial charge in [0.15, 0.2) is 5.69 Å². The number of hydrogen-bond donors (Lipinski definition) is 1. The lowest BCUT2D eigenvalue weighted by molar-refractivity contribution is 0.0690. The van der Waals surface area contributed by atoms with Crippen molar-refractivity contribution in [3.8, 4) is 0 Å². The van der Waals surface area contributed by atoms with Gasteiger partial charge >= 0.3 is 5.97 Å². The van der Waals surface area contributed by atoms with Gasteiger partial charge in [-0.2, -0.15) is 0 Å². The van der Waals surface area contributed by atoms with Gasteiger partial charge in [-0.1, -0.05) is 0 Å². The van der Waals surface area contributed by atoms with E-state index in [1.165, 1.54) is 12.8 Å². The van der Waals surface area contributed by atoms with E-state index >= 15 is 0 Å². The number of aromatic nitrogens is 2. The molecule has 2 heterocycles. The molecule has 94 valence electrons. The minimum Gasteiger partial charge on any atom is -0.476 e. The molecule has 1 saturated heterocycles. The molecule has 0 aromatic carbocycles. The van der Waals surface area contributed by atoms with Gasteiger partial charge in [-0.25, -0.2) is 9.78 Å². The molecule has 0 bridgehead atoms. The van der Waals surface area contributed by atoms with Crippen LogP contribution in [0.4, 0.5) is 0 Å². The van der Waals surface area contributed by atoms with Gasteiger partial charge < -0.3 is 9.67 Å². The molecule has 1 aliphatic rings. The van der Waals surface area contributed by atoms with Crippen molar-refractivity contribution < 1.29 is 9.90 Å². The third-order valence-corrected chi connectivity index (χ3v) is 3.15. The number of likely N-dealkylation sites (tertiary alicyclic amines) is 1. The molecule has 0 aliphatic carbocycles. The summed E-state index contributed by atoms with van der Waals surface area (Å²) < 4.78 is 1.96. The fourth-order valence-electron chi connectivity index (χ4n) is 2.24. The molecule has 1 aromatic rings. The Morgan fingerprint density at radius 1 is 1.47 bits per heavy atom. The summed E-state index contributed by atoms with van der Waals surface area (Å²) in [5.74, 6) is -0.0913. The highest BCUT2D eigenvalue weighted by Crippen LogP contribution is 2.16. The lowest BCUT2D eigenvalue weighted by atomic mass is 10.3. The van der Waals surface area contributed by atoms with E-state index in [2.05, 4.69) is 9.88 Å². The summed E-state index contributed by atoms with van der Waals surface area (Å²) in [6, 6.07) is 0.244. The van der Waals surface area contributed by atoms with Gasteiger partial charge in [-0.15, -0.1) is 0 Å².